The summed E-state index contributed by atoms with van der Waals surface area (Å²) in [6.45, 7) is -0.716. The maximum Gasteiger partial charge on any atom is 0.246 e. The Morgan fingerprint density at radius 3 is 2.55 bits per heavy atom. The molecule has 0 fully saturated rings. The van der Waals surface area contributed by atoms with Crippen molar-refractivity contribution < 1.29 is 22.1 Å². The maximum absolute atomic E-state index is 14.0. The van der Waals surface area contributed by atoms with E-state index in [1.165, 1.54) is 18.2 Å². The molecule has 1 amide bonds. The second-order valence-corrected chi connectivity index (χ2v) is 8.36. The first-order valence-corrected chi connectivity index (χ1v) is 10.5. The Kier molecular flexibility index (Phi) is 6.14. The summed E-state index contributed by atoms with van der Waals surface area (Å²) < 4.78 is 43.8. The first-order valence-electron chi connectivity index (χ1n) is 8.31. The minimum atomic E-state index is -3.88. The van der Waals surface area contributed by atoms with E-state index >= 15 is 0 Å². The standard InChI is InChI=1S/C18H16ClFN4O4S/c1-29(26,27)24(15-5-3-2-4-14(15)20)11-16(25)21-10-17-22-18(23-28-17)12-6-8-13(19)9-7-12/h2-9H,10-11H2,1H3,(H,21,25). The van der Waals surface area contributed by atoms with Crippen molar-refractivity contribution in [2.75, 3.05) is 17.1 Å². The highest BCUT2D eigenvalue weighted by atomic mass is 35.5. The van der Waals surface area contributed by atoms with Crippen molar-refractivity contribution in [2.45, 2.75) is 6.54 Å². The molecule has 0 aliphatic heterocycles. The molecular weight excluding hydrogens is 423 g/mol. The highest BCUT2D eigenvalue weighted by Crippen LogP contribution is 2.21. The predicted octanol–water partition coefficient (Wildman–Crippen LogP) is 2.61. The summed E-state index contributed by atoms with van der Waals surface area (Å²) in [7, 11) is -3.88. The van der Waals surface area contributed by atoms with Crippen LogP contribution in [0, 0.1) is 5.82 Å². The molecule has 0 unspecified atom stereocenters. The summed E-state index contributed by atoms with van der Waals surface area (Å²) in [6.07, 6.45) is 0.892. The van der Waals surface area contributed by atoms with Crippen LogP contribution in [0.5, 0.6) is 0 Å². The zero-order valence-electron chi connectivity index (χ0n) is 15.2. The lowest BCUT2D eigenvalue weighted by atomic mass is 10.2. The third kappa shape index (κ3) is 5.30. The van der Waals surface area contributed by atoms with Crippen LogP contribution in [0.4, 0.5) is 10.1 Å². The van der Waals surface area contributed by atoms with Crippen LogP contribution in [0.25, 0.3) is 11.4 Å². The Labute approximate surface area is 171 Å². The minimum Gasteiger partial charge on any atom is -0.345 e. The minimum absolute atomic E-state index is 0.117. The summed E-state index contributed by atoms with van der Waals surface area (Å²) >= 11 is 5.83. The Bertz CT molecular complexity index is 1120. The molecule has 0 spiro atoms. The normalized spacial score (nSPS) is 11.3. The van der Waals surface area contributed by atoms with E-state index in [1.807, 2.05) is 0 Å². The third-order valence-electron chi connectivity index (χ3n) is 3.82. The average Bonchev–Trinajstić information content (AvgIpc) is 3.14. The van der Waals surface area contributed by atoms with Gasteiger partial charge in [0.15, 0.2) is 0 Å². The van der Waals surface area contributed by atoms with Crippen molar-refractivity contribution in [2.24, 2.45) is 0 Å². The van der Waals surface area contributed by atoms with Gasteiger partial charge in [-0.25, -0.2) is 12.8 Å². The van der Waals surface area contributed by atoms with Crippen LogP contribution >= 0.6 is 11.6 Å². The third-order valence-corrected chi connectivity index (χ3v) is 5.19. The number of carbonyl (C=O) groups is 1. The first kappa shape index (κ1) is 20.7. The van der Waals surface area contributed by atoms with Gasteiger partial charge in [-0.2, -0.15) is 4.98 Å². The number of sulfonamides is 1. The lowest BCUT2D eigenvalue weighted by molar-refractivity contribution is -0.119. The quantitative estimate of drug-likeness (QED) is 0.607. The molecule has 152 valence electrons. The molecule has 0 radical (unpaired) electrons. The molecule has 0 saturated heterocycles. The van der Waals surface area contributed by atoms with E-state index in [4.69, 9.17) is 16.1 Å². The van der Waals surface area contributed by atoms with Crippen molar-refractivity contribution in [3.63, 3.8) is 0 Å². The fourth-order valence-corrected chi connectivity index (χ4v) is 3.42. The van der Waals surface area contributed by atoms with E-state index in [1.54, 1.807) is 24.3 Å². The summed E-state index contributed by atoms with van der Waals surface area (Å²) in [5.41, 5.74) is 0.464. The van der Waals surface area contributed by atoms with Crippen LogP contribution in [-0.4, -0.2) is 37.3 Å². The summed E-state index contributed by atoms with van der Waals surface area (Å²) in [5, 5.41) is 6.86. The van der Waals surface area contributed by atoms with E-state index in [0.29, 0.717) is 20.7 Å². The molecule has 0 saturated carbocycles. The van der Waals surface area contributed by atoms with Crippen molar-refractivity contribution in [3.8, 4) is 11.4 Å². The zero-order chi connectivity index (χ0) is 21.0. The molecule has 0 bridgehead atoms. The van der Waals surface area contributed by atoms with Gasteiger partial charge in [-0.05, 0) is 36.4 Å². The van der Waals surface area contributed by atoms with E-state index in [2.05, 4.69) is 15.5 Å². The van der Waals surface area contributed by atoms with Gasteiger partial charge in [0.2, 0.25) is 27.6 Å². The number of nitrogens with zero attached hydrogens (tertiary/aromatic N) is 3. The largest absolute Gasteiger partial charge is 0.345 e. The van der Waals surface area contributed by atoms with E-state index in [-0.39, 0.29) is 18.1 Å². The molecule has 0 aliphatic rings. The topological polar surface area (TPSA) is 105 Å². The zero-order valence-corrected chi connectivity index (χ0v) is 16.7. The number of para-hydroxylation sites is 1. The van der Waals surface area contributed by atoms with Crippen LogP contribution in [0.1, 0.15) is 5.89 Å². The fraction of sp³-hybridized carbons (Fsp3) is 0.167. The van der Waals surface area contributed by atoms with Gasteiger partial charge in [0.25, 0.3) is 0 Å². The molecule has 1 heterocycles. The molecule has 0 atom stereocenters. The van der Waals surface area contributed by atoms with E-state index < -0.39 is 28.3 Å². The average molecular weight is 439 g/mol. The number of benzene rings is 2. The number of hydrogen-bond donors (Lipinski definition) is 1. The van der Waals surface area contributed by atoms with E-state index in [0.717, 1.165) is 12.3 Å². The molecule has 1 aromatic heterocycles. The summed E-state index contributed by atoms with van der Waals surface area (Å²) in [4.78, 5) is 16.4. The molecular formula is C18H16ClFN4O4S. The summed E-state index contributed by atoms with van der Waals surface area (Å²) in [6, 6.07) is 12.1. The number of anilines is 1. The number of aromatic nitrogens is 2. The van der Waals surface area contributed by atoms with Gasteiger partial charge in [-0.15, -0.1) is 0 Å². The SMILES string of the molecule is CS(=O)(=O)N(CC(=O)NCc1nc(-c2ccc(Cl)cc2)no1)c1ccccc1F. The first-order chi connectivity index (χ1) is 13.7. The van der Waals surface area contributed by atoms with Gasteiger partial charge in [0, 0.05) is 10.6 Å². The van der Waals surface area contributed by atoms with Gasteiger partial charge in [0.05, 0.1) is 18.5 Å². The number of halogens is 2. The highest BCUT2D eigenvalue weighted by Gasteiger charge is 2.23. The molecule has 3 rings (SSSR count). The molecule has 0 aliphatic carbocycles. The monoisotopic (exact) mass is 438 g/mol. The Balaban J connectivity index is 1.66. The molecule has 3 aromatic rings. The van der Waals surface area contributed by atoms with Gasteiger partial charge in [-0.1, -0.05) is 28.9 Å². The number of rotatable bonds is 7. The van der Waals surface area contributed by atoms with Crippen LogP contribution in [0.3, 0.4) is 0 Å². The predicted molar refractivity (Wildman–Crippen MR) is 105 cm³/mol. The lowest BCUT2D eigenvalue weighted by Crippen LogP contribution is -2.40. The van der Waals surface area contributed by atoms with Crippen molar-refractivity contribution in [1.29, 1.82) is 0 Å². The molecule has 1 N–H and O–H groups in total. The maximum atomic E-state index is 14.0. The Morgan fingerprint density at radius 1 is 1.21 bits per heavy atom. The van der Waals surface area contributed by atoms with E-state index in [9.17, 15) is 17.6 Å². The summed E-state index contributed by atoms with van der Waals surface area (Å²) in [5.74, 6) is -0.977. The lowest BCUT2D eigenvalue weighted by Gasteiger charge is -2.22. The van der Waals surface area contributed by atoms with Crippen molar-refractivity contribution in [1.82, 2.24) is 15.5 Å². The Morgan fingerprint density at radius 2 is 1.90 bits per heavy atom. The number of nitrogens with one attached hydrogen (secondary N) is 1. The fourth-order valence-electron chi connectivity index (χ4n) is 2.44. The van der Waals surface area contributed by atoms with Crippen LogP contribution < -0.4 is 9.62 Å². The number of amides is 1. The number of carbonyl (C=O) groups excluding carboxylic acids is 1. The van der Waals surface area contributed by atoms with Gasteiger partial charge in [0.1, 0.15) is 12.4 Å². The van der Waals surface area contributed by atoms with Crippen LogP contribution in [0.2, 0.25) is 5.02 Å². The molecule has 2 aromatic carbocycles. The molecule has 29 heavy (non-hydrogen) atoms. The van der Waals surface area contributed by atoms with Crippen LogP contribution in [0.15, 0.2) is 53.1 Å². The second-order valence-electron chi connectivity index (χ2n) is 6.02. The smallest absolute Gasteiger partial charge is 0.246 e. The van der Waals surface area contributed by atoms with Crippen molar-refractivity contribution >= 4 is 33.2 Å². The van der Waals surface area contributed by atoms with Crippen molar-refractivity contribution in [3.05, 3.63) is 65.3 Å². The highest BCUT2D eigenvalue weighted by molar-refractivity contribution is 7.92. The van der Waals surface area contributed by atoms with Gasteiger partial charge < -0.3 is 9.84 Å². The molecule has 8 nitrogen and oxygen atoms in total. The second kappa shape index (κ2) is 8.58. The van der Waals surface area contributed by atoms with Gasteiger partial charge in [-0.3, -0.25) is 9.10 Å². The molecule has 11 heteroatoms. The Hall–Kier alpha value is -2.98. The van der Waals surface area contributed by atoms with Crippen LogP contribution in [-0.2, 0) is 21.4 Å². The number of hydrogen-bond acceptors (Lipinski definition) is 6. The van der Waals surface area contributed by atoms with Gasteiger partial charge >= 0.3 is 0 Å².